The molecule has 0 saturated heterocycles. The number of hydrogen-bond donors (Lipinski definition) is 1. The van der Waals surface area contributed by atoms with Crippen molar-refractivity contribution in [2.75, 3.05) is 12.3 Å². The molecule has 0 aromatic carbocycles. The van der Waals surface area contributed by atoms with Crippen molar-refractivity contribution < 1.29 is 14.3 Å². The molecule has 120 valence electrons. The molecule has 6 nitrogen and oxygen atoms in total. The van der Waals surface area contributed by atoms with Crippen LogP contribution in [-0.2, 0) is 9.53 Å². The lowest BCUT2D eigenvalue weighted by Gasteiger charge is -2.19. The van der Waals surface area contributed by atoms with E-state index in [2.05, 4.69) is 9.97 Å². The highest BCUT2D eigenvalue weighted by Crippen LogP contribution is 2.27. The maximum atomic E-state index is 11.6. The quantitative estimate of drug-likeness (QED) is 0.672. The first-order valence-electron chi connectivity index (χ1n) is 7.13. The number of pyridine rings is 1. The predicted molar refractivity (Wildman–Crippen MR) is 87.1 cm³/mol. The van der Waals surface area contributed by atoms with E-state index in [9.17, 15) is 4.79 Å². The van der Waals surface area contributed by atoms with Crippen LogP contribution in [0.3, 0.4) is 0 Å². The lowest BCUT2D eigenvalue weighted by atomic mass is 10.2. The Morgan fingerprint density at radius 3 is 2.77 bits per heavy atom. The third-order valence-corrected chi connectivity index (χ3v) is 3.52. The van der Waals surface area contributed by atoms with E-state index >= 15 is 0 Å². The van der Waals surface area contributed by atoms with Crippen molar-refractivity contribution >= 4 is 32.8 Å². The molecule has 0 unspecified atom stereocenters. The Morgan fingerprint density at radius 1 is 1.36 bits per heavy atom. The molecule has 0 aliphatic rings. The molecule has 0 aliphatic carbocycles. The monoisotopic (exact) mass is 323 g/mol. The van der Waals surface area contributed by atoms with Crippen LogP contribution in [0.5, 0.6) is 5.88 Å². The molecule has 0 radical (unpaired) electrons. The number of aryl methyl sites for hydroxylation is 1. The molecule has 0 saturated carbocycles. The molecule has 0 aliphatic heterocycles. The van der Waals surface area contributed by atoms with Crippen LogP contribution < -0.4 is 10.5 Å². The van der Waals surface area contributed by atoms with Gasteiger partial charge in [0.05, 0.1) is 6.61 Å². The highest BCUT2D eigenvalue weighted by Gasteiger charge is 2.15. The average molecular weight is 323 g/mol. The van der Waals surface area contributed by atoms with Crippen molar-refractivity contribution in [3.8, 4) is 5.88 Å². The second-order valence-corrected chi connectivity index (χ2v) is 7.03. The van der Waals surface area contributed by atoms with Gasteiger partial charge in [0.2, 0.25) is 5.88 Å². The molecule has 2 N–H and O–H groups in total. The van der Waals surface area contributed by atoms with Gasteiger partial charge in [0, 0.05) is 12.5 Å². The predicted octanol–water partition coefficient (Wildman–Crippen LogP) is 3.08. The van der Waals surface area contributed by atoms with Crippen LogP contribution in [0.25, 0.3) is 10.3 Å². The number of rotatable bonds is 5. The number of nitrogen functional groups attached to an aromatic ring is 1. The number of carbonyl (C=O) groups is 1. The van der Waals surface area contributed by atoms with E-state index in [0.29, 0.717) is 30.5 Å². The summed E-state index contributed by atoms with van der Waals surface area (Å²) in [5, 5.41) is 0.493. The van der Waals surface area contributed by atoms with Gasteiger partial charge in [0.25, 0.3) is 0 Å². The van der Waals surface area contributed by atoms with Gasteiger partial charge in [0.1, 0.15) is 15.9 Å². The van der Waals surface area contributed by atoms with E-state index in [4.69, 9.17) is 15.2 Å². The van der Waals surface area contributed by atoms with Crippen molar-refractivity contribution in [1.82, 2.24) is 9.97 Å². The van der Waals surface area contributed by atoms with Crippen molar-refractivity contribution in [2.24, 2.45) is 0 Å². The number of anilines is 1. The fourth-order valence-electron chi connectivity index (χ4n) is 1.91. The molecule has 0 amide bonds. The van der Waals surface area contributed by atoms with Crippen LogP contribution in [0.2, 0.25) is 0 Å². The molecule has 22 heavy (non-hydrogen) atoms. The molecule has 2 rings (SSSR count). The van der Waals surface area contributed by atoms with Crippen LogP contribution >= 0.6 is 11.3 Å². The molecule has 2 heterocycles. The first-order valence-corrected chi connectivity index (χ1v) is 7.94. The zero-order valence-corrected chi connectivity index (χ0v) is 14.1. The maximum absolute atomic E-state index is 11.6. The minimum absolute atomic E-state index is 0.217. The molecule has 0 fully saturated rings. The Labute approximate surface area is 133 Å². The summed E-state index contributed by atoms with van der Waals surface area (Å²) in [4.78, 5) is 20.9. The molecule has 0 atom stereocenters. The summed E-state index contributed by atoms with van der Waals surface area (Å²) in [6.45, 7) is 7.90. The Kier molecular flexibility index (Phi) is 4.85. The van der Waals surface area contributed by atoms with E-state index in [1.807, 2.05) is 33.8 Å². The zero-order valence-electron chi connectivity index (χ0n) is 13.3. The molecule has 0 spiro atoms. The Morgan fingerprint density at radius 2 is 2.09 bits per heavy atom. The van der Waals surface area contributed by atoms with Crippen molar-refractivity contribution in [3.63, 3.8) is 0 Å². The van der Waals surface area contributed by atoms with Crippen molar-refractivity contribution in [1.29, 1.82) is 0 Å². The topological polar surface area (TPSA) is 87.3 Å². The van der Waals surface area contributed by atoms with E-state index in [1.54, 1.807) is 0 Å². The van der Waals surface area contributed by atoms with Crippen LogP contribution in [0.1, 0.15) is 39.2 Å². The van der Waals surface area contributed by atoms with Crippen LogP contribution in [0.4, 0.5) is 5.13 Å². The summed E-state index contributed by atoms with van der Waals surface area (Å²) in [6, 6.07) is 1.83. The minimum atomic E-state index is -0.451. The van der Waals surface area contributed by atoms with Crippen molar-refractivity contribution in [3.05, 3.63) is 11.6 Å². The number of thiazole rings is 1. The standard InChI is InChI=1S/C15H21N3O3S/c1-9-8-10(17-13-12(9)18-14(16)22-13)20-7-5-6-11(19)21-15(2,3)4/h8H,5-7H2,1-4H3,(H2,16,18). The van der Waals surface area contributed by atoms with Gasteiger partial charge in [0.15, 0.2) is 5.13 Å². The molecular formula is C15H21N3O3S. The van der Waals surface area contributed by atoms with Gasteiger partial charge in [-0.25, -0.2) is 9.97 Å². The molecular weight excluding hydrogens is 302 g/mol. The molecule has 2 aromatic heterocycles. The van der Waals surface area contributed by atoms with E-state index in [-0.39, 0.29) is 5.97 Å². The van der Waals surface area contributed by atoms with E-state index in [1.165, 1.54) is 11.3 Å². The minimum Gasteiger partial charge on any atom is -0.478 e. The van der Waals surface area contributed by atoms with Gasteiger partial charge < -0.3 is 15.2 Å². The summed E-state index contributed by atoms with van der Waals surface area (Å²) in [6.07, 6.45) is 0.907. The number of esters is 1. The van der Waals surface area contributed by atoms with Crippen LogP contribution in [0, 0.1) is 6.92 Å². The Balaban J connectivity index is 1.86. The summed E-state index contributed by atoms with van der Waals surface area (Å²) in [5.41, 5.74) is 7.02. The fourth-order valence-corrected chi connectivity index (χ4v) is 2.68. The maximum Gasteiger partial charge on any atom is 0.306 e. The Hall–Kier alpha value is -1.89. The second kappa shape index (κ2) is 6.48. The fraction of sp³-hybridized carbons (Fsp3) is 0.533. The first kappa shape index (κ1) is 16.5. The van der Waals surface area contributed by atoms with Gasteiger partial charge in [-0.05, 0) is 39.7 Å². The molecule has 0 bridgehead atoms. The van der Waals surface area contributed by atoms with Crippen LogP contribution in [0.15, 0.2) is 6.07 Å². The summed E-state index contributed by atoms with van der Waals surface area (Å²) in [5.74, 6) is 0.309. The molecule has 2 aromatic rings. The summed E-state index contributed by atoms with van der Waals surface area (Å²) < 4.78 is 10.8. The number of ether oxygens (including phenoxy) is 2. The Bertz CT molecular complexity index is 676. The molecule has 7 heteroatoms. The summed E-state index contributed by atoms with van der Waals surface area (Å²) >= 11 is 1.33. The smallest absolute Gasteiger partial charge is 0.306 e. The van der Waals surface area contributed by atoms with Crippen LogP contribution in [-0.4, -0.2) is 28.1 Å². The number of hydrogen-bond acceptors (Lipinski definition) is 7. The van der Waals surface area contributed by atoms with Gasteiger partial charge in [-0.15, -0.1) is 0 Å². The lowest BCUT2D eigenvalue weighted by molar-refractivity contribution is -0.155. The highest BCUT2D eigenvalue weighted by atomic mass is 32.1. The van der Waals surface area contributed by atoms with E-state index in [0.717, 1.165) is 15.9 Å². The largest absolute Gasteiger partial charge is 0.478 e. The van der Waals surface area contributed by atoms with Gasteiger partial charge in [-0.1, -0.05) is 11.3 Å². The average Bonchev–Trinajstić information content (AvgIpc) is 2.74. The third kappa shape index (κ3) is 4.56. The van der Waals surface area contributed by atoms with Gasteiger partial charge in [-0.2, -0.15) is 0 Å². The number of carbonyl (C=O) groups excluding carboxylic acids is 1. The van der Waals surface area contributed by atoms with Gasteiger partial charge in [-0.3, -0.25) is 4.79 Å². The first-order chi connectivity index (χ1) is 10.2. The number of nitrogens with zero attached hydrogens (tertiary/aromatic N) is 2. The number of aromatic nitrogens is 2. The summed E-state index contributed by atoms with van der Waals surface area (Å²) in [7, 11) is 0. The lowest BCUT2D eigenvalue weighted by Crippen LogP contribution is -2.24. The zero-order chi connectivity index (χ0) is 16.3. The van der Waals surface area contributed by atoms with Crippen molar-refractivity contribution in [2.45, 2.75) is 46.1 Å². The number of nitrogens with two attached hydrogens (primary N) is 1. The normalized spacial score (nSPS) is 11.6. The number of fused-ring (bicyclic) bond motifs is 1. The second-order valence-electron chi connectivity index (χ2n) is 6.02. The third-order valence-electron chi connectivity index (χ3n) is 2.75. The highest BCUT2D eigenvalue weighted by molar-refractivity contribution is 7.21. The van der Waals surface area contributed by atoms with Gasteiger partial charge >= 0.3 is 5.97 Å². The van der Waals surface area contributed by atoms with E-state index < -0.39 is 5.60 Å². The SMILES string of the molecule is Cc1cc(OCCCC(=O)OC(C)(C)C)nc2sc(N)nc12.